The Morgan fingerprint density at radius 1 is 1.35 bits per heavy atom. The first kappa shape index (κ1) is 14.5. The zero-order valence-electron chi connectivity index (χ0n) is 12.3. The first-order chi connectivity index (χ1) is 9.74. The molecule has 5 nitrogen and oxygen atoms in total. The van der Waals surface area contributed by atoms with Crippen LogP contribution >= 0.6 is 0 Å². The maximum absolute atomic E-state index is 5.09. The monoisotopic (exact) mass is 274 g/mol. The zero-order valence-corrected chi connectivity index (χ0v) is 12.3. The number of rotatable bonds is 7. The zero-order chi connectivity index (χ0) is 14.4. The minimum atomic E-state index is 0.248. The summed E-state index contributed by atoms with van der Waals surface area (Å²) >= 11 is 0. The second-order valence-corrected chi connectivity index (χ2v) is 4.80. The van der Waals surface area contributed by atoms with E-state index in [1.165, 1.54) is 11.3 Å². The molecular formula is C15H22N4O. The summed E-state index contributed by atoms with van der Waals surface area (Å²) in [6.45, 7) is 3.15. The van der Waals surface area contributed by atoms with Gasteiger partial charge in [0.2, 0.25) is 5.88 Å². The molecule has 2 heterocycles. The standard InChI is InChI=1S/C15H22N4O/c1-4-8-16-13(14-7-9-18-19(14)2)10-12-5-6-15(20-3)17-11-12/h5-7,9,11,13,16H,4,8,10H2,1-3H3. The van der Waals surface area contributed by atoms with Crippen molar-refractivity contribution >= 4 is 0 Å². The third-order valence-electron chi connectivity index (χ3n) is 3.30. The fourth-order valence-corrected chi connectivity index (χ4v) is 2.21. The molecule has 0 saturated carbocycles. The maximum Gasteiger partial charge on any atom is 0.212 e. The van der Waals surface area contributed by atoms with Crippen molar-refractivity contribution in [2.24, 2.45) is 7.05 Å². The van der Waals surface area contributed by atoms with Crippen LogP contribution in [0.4, 0.5) is 0 Å². The van der Waals surface area contributed by atoms with Crippen LogP contribution < -0.4 is 10.1 Å². The molecule has 0 aliphatic carbocycles. The van der Waals surface area contributed by atoms with Crippen molar-refractivity contribution in [3.05, 3.63) is 41.9 Å². The molecule has 20 heavy (non-hydrogen) atoms. The fourth-order valence-electron chi connectivity index (χ4n) is 2.21. The SMILES string of the molecule is CCCNC(Cc1ccc(OC)nc1)c1ccnn1C. The quantitative estimate of drug-likeness (QED) is 0.840. The van der Waals surface area contributed by atoms with Gasteiger partial charge in [0.05, 0.1) is 18.8 Å². The topological polar surface area (TPSA) is 52.0 Å². The second kappa shape index (κ2) is 7.05. The molecule has 0 saturated heterocycles. The molecule has 0 aliphatic heterocycles. The number of nitrogens with one attached hydrogen (secondary N) is 1. The Morgan fingerprint density at radius 3 is 2.75 bits per heavy atom. The summed E-state index contributed by atoms with van der Waals surface area (Å²) in [5.74, 6) is 0.646. The van der Waals surface area contributed by atoms with Crippen molar-refractivity contribution in [3.8, 4) is 5.88 Å². The smallest absolute Gasteiger partial charge is 0.212 e. The fraction of sp³-hybridized carbons (Fsp3) is 0.467. The van der Waals surface area contributed by atoms with E-state index >= 15 is 0 Å². The Morgan fingerprint density at radius 2 is 2.20 bits per heavy atom. The second-order valence-electron chi connectivity index (χ2n) is 4.80. The number of hydrogen-bond acceptors (Lipinski definition) is 4. The van der Waals surface area contributed by atoms with E-state index in [1.807, 2.05) is 30.2 Å². The summed E-state index contributed by atoms with van der Waals surface area (Å²) in [5.41, 5.74) is 2.37. The predicted octanol–water partition coefficient (Wildman–Crippen LogP) is 2.11. The normalized spacial score (nSPS) is 12.3. The maximum atomic E-state index is 5.09. The van der Waals surface area contributed by atoms with Crippen LogP contribution in [0.25, 0.3) is 0 Å². The van der Waals surface area contributed by atoms with E-state index < -0.39 is 0 Å². The van der Waals surface area contributed by atoms with Gasteiger partial charge in [0, 0.05) is 25.5 Å². The Balaban J connectivity index is 2.12. The number of aromatic nitrogens is 3. The van der Waals surface area contributed by atoms with Crippen LogP contribution in [0.5, 0.6) is 5.88 Å². The summed E-state index contributed by atoms with van der Waals surface area (Å²) in [5, 5.41) is 7.83. The average Bonchev–Trinajstić information content (AvgIpc) is 2.90. The molecule has 108 valence electrons. The van der Waals surface area contributed by atoms with Gasteiger partial charge >= 0.3 is 0 Å². The molecule has 1 unspecified atom stereocenters. The van der Waals surface area contributed by atoms with Crippen molar-refractivity contribution in [3.63, 3.8) is 0 Å². The number of hydrogen-bond donors (Lipinski definition) is 1. The summed E-state index contributed by atoms with van der Waals surface area (Å²) in [7, 11) is 3.60. The molecule has 0 amide bonds. The molecule has 0 spiro atoms. The van der Waals surface area contributed by atoms with E-state index in [0.29, 0.717) is 5.88 Å². The lowest BCUT2D eigenvalue weighted by Gasteiger charge is -2.19. The molecule has 5 heteroatoms. The van der Waals surface area contributed by atoms with Crippen LogP contribution in [0.3, 0.4) is 0 Å². The predicted molar refractivity (Wildman–Crippen MR) is 78.7 cm³/mol. The van der Waals surface area contributed by atoms with Crippen LogP contribution in [0.15, 0.2) is 30.6 Å². The molecule has 0 radical (unpaired) electrons. The van der Waals surface area contributed by atoms with E-state index in [2.05, 4.69) is 34.5 Å². The average molecular weight is 274 g/mol. The van der Waals surface area contributed by atoms with Gasteiger partial charge in [0.1, 0.15) is 0 Å². The van der Waals surface area contributed by atoms with Crippen molar-refractivity contribution in [2.45, 2.75) is 25.8 Å². The molecule has 2 aromatic rings. The van der Waals surface area contributed by atoms with Crippen molar-refractivity contribution in [1.29, 1.82) is 0 Å². The van der Waals surface area contributed by atoms with Crippen molar-refractivity contribution in [1.82, 2.24) is 20.1 Å². The summed E-state index contributed by atoms with van der Waals surface area (Å²) in [6, 6.07) is 6.26. The number of nitrogens with zero attached hydrogens (tertiary/aromatic N) is 3. The third-order valence-corrected chi connectivity index (χ3v) is 3.30. The molecule has 0 aromatic carbocycles. The summed E-state index contributed by atoms with van der Waals surface area (Å²) < 4.78 is 7.01. The van der Waals surface area contributed by atoms with Crippen molar-refractivity contribution < 1.29 is 4.74 Å². The number of methoxy groups -OCH3 is 1. The van der Waals surface area contributed by atoms with Gasteiger partial charge in [-0.15, -0.1) is 0 Å². The lowest BCUT2D eigenvalue weighted by Crippen LogP contribution is -2.26. The molecule has 0 fully saturated rings. The van der Waals surface area contributed by atoms with E-state index in [9.17, 15) is 0 Å². The largest absolute Gasteiger partial charge is 0.481 e. The molecule has 1 atom stereocenters. The van der Waals surface area contributed by atoms with E-state index in [4.69, 9.17) is 4.74 Å². The Labute approximate surface area is 120 Å². The highest BCUT2D eigenvalue weighted by molar-refractivity contribution is 5.20. The molecule has 0 bridgehead atoms. The van der Waals surface area contributed by atoms with Gasteiger partial charge in [-0.3, -0.25) is 4.68 Å². The van der Waals surface area contributed by atoms with E-state index in [-0.39, 0.29) is 6.04 Å². The van der Waals surface area contributed by atoms with Gasteiger partial charge in [0.25, 0.3) is 0 Å². The van der Waals surface area contributed by atoms with Gasteiger partial charge in [-0.1, -0.05) is 13.0 Å². The molecule has 0 aliphatic rings. The summed E-state index contributed by atoms with van der Waals surface area (Å²) in [6.07, 6.45) is 5.70. The Hall–Kier alpha value is -1.88. The first-order valence-corrected chi connectivity index (χ1v) is 6.94. The van der Waals surface area contributed by atoms with Gasteiger partial charge in [-0.05, 0) is 31.0 Å². The van der Waals surface area contributed by atoms with Crippen molar-refractivity contribution in [2.75, 3.05) is 13.7 Å². The lowest BCUT2D eigenvalue weighted by molar-refractivity contribution is 0.397. The third kappa shape index (κ3) is 3.57. The minimum absolute atomic E-state index is 0.248. The molecule has 2 rings (SSSR count). The van der Waals surface area contributed by atoms with Gasteiger partial charge in [-0.2, -0.15) is 5.10 Å². The number of aryl methyl sites for hydroxylation is 1. The molecule has 1 N–H and O–H groups in total. The van der Waals surface area contributed by atoms with Gasteiger partial charge in [0.15, 0.2) is 0 Å². The highest BCUT2D eigenvalue weighted by Gasteiger charge is 2.15. The lowest BCUT2D eigenvalue weighted by atomic mass is 10.0. The van der Waals surface area contributed by atoms with Crippen LogP contribution in [0.2, 0.25) is 0 Å². The Bertz CT molecular complexity index is 521. The van der Waals surface area contributed by atoms with Crippen LogP contribution in [0, 0.1) is 0 Å². The first-order valence-electron chi connectivity index (χ1n) is 6.94. The number of pyridine rings is 1. The molecular weight excluding hydrogens is 252 g/mol. The van der Waals surface area contributed by atoms with E-state index in [0.717, 1.165) is 19.4 Å². The highest BCUT2D eigenvalue weighted by Crippen LogP contribution is 2.18. The number of ether oxygens (including phenoxy) is 1. The van der Waals surface area contributed by atoms with E-state index in [1.54, 1.807) is 7.11 Å². The Kier molecular flexibility index (Phi) is 5.12. The van der Waals surface area contributed by atoms with Crippen LogP contribution in [-0.2, 0) is 13.5 Å². The van der Waals surface area contributed by atoms with Crippen LogP contribution in [-0.4, -0.2) is 28.4 Å². The van der Waals surface area contributed by atoms with Gasteiger partial charge in [-0.25, -0.2) is 4.98 Å². The minimum Gasteiger partial charge on any atom is -0.481 e. The highest BCUT2D eigenvalue weighted by atomic mass is 16.5. The van der Waals surface area contributed by atoms with Crippen LogP contribution in [0.1, 0.15) is 30.6 Å². The van der Waals surface area contributed by atoms with Gasteiger partial charge < -0.3 is 10.1 Å². The summed E-state index contributed by atoms with van der Waals surface area (Å²) in [4.78, 5) is 4.26. The molecule has 2 aromatic heterocycles.